The van der Waals surface area contributed by atoms with Gasteiger partial charge in [-0.1, -0.05) is 30.3 Å². The number of hydrogen-bond donors (Lipinski definition) is 1. The van der Waals surface area contributed by atoms with Crippen molar-refractivity contribution in [1.82, 2.24) is 4.90 Å². The third kappa shape index (κ3) is 6.58. The van der Waals surface area contributed by atoms with E-state index >= 15 is 0 Å². The molecule has 3 rings (SSSR count). The summed E-state index contributed by atoms with van der Waals surface area (Å²) in [5.41, 5.74) is 0.259. The van der Waals surface area contributed by atoms with E-state index in [-0.39, 0.29) is 30.7 Å². The van der Waals surface area contributed by atoms with Crippen molar-refractivity contribution < 1.29 is 33.4 Å². The summed E-state index contributed by atoms with van der Waals surface area (Å²) in [5, 5.41) is 21.6. The highest BCUT2D eigenvalue weighted by atomic mass is 16.6. The average Bonchev–Trinajstić information content (AvgIpc) is 2.73. The molecular weight excluding hydrogens is 426 g/mol. The van der Waals surface area contributed by atoms with Crippen LogP contribution in [0.5, 0.6) is 5.75 Å². The Morgan fingerprint density at radius 2 is 1.94 bits per heavy atom. The minimum Gasteiger partial charge on any atom is -0.619 e. The maximum Gasteiger partial charge on any atom is 0.513 e. The smallest absolute Gasteiger partial charge is 0.513 e. The van der Waals surface area contributed by atoms with Crippen LogP contribution in [0.2, 0.25) is 0 Å². The number of quaternary nitrogens is 1. The fraction of sp³-hybridized carbons (Fsp3) is 0.458. The van der Waals surface area contributed by atoms with Crippen LogP contribution in [-0.2, 0) is 11.3 Å². The first-order valence-electron chi connectivity index (χ1n) is 11.0. The molecule has 2 heterocycles. The quantitative estimate of drug-likeness (QED) is 0.404. The van der Waals surface area contributed by atoms with E-state index in [0.717, 1.165) is 5.56 Å². The Kier molecular flexibility index (Phi) is 7.43. The molecule has 1 N–H and O–H groups in total. The lowest BCUT2D eigenvalue weighted by Crippen LogP contribution is -2.66. The number of carboxylic acid groups (broad SMARTS) is 1. The number of ether oxygens (including phenoxy) is 2. The Balaban J connectivity index is 1.79. The van der Waals surface area contributed by atoms with Gasteiger partial charge in [-0.25, -0.2) is 9.28 Å². The van der Waals surface area contributed by atoms with Crippen LogP contribution < -0.4 is 9.47 Å². The molecule has 0 bridgehead atoms. The molecule has 0 spiro atoms. The largest absolute Gasteiger partial charge is 0.619 e. The maximum absolute atomic E-state index is 12.9. The van der Waals surface area contributed by atoms with Gasteiger partial charge in [0.15, 0.2) is 11.9 Å². The van der Waals surface area contributed by atoms with Crippen LogP contribution in [0.15, 0.2) is 54.9 Å². The van der Waals surface area contributed by atoms with Crippen molar-refractivity contribution in [2.75, 3.05) is 26.2 Å². The van der Waals surface area contributed by atoms with E-state index in [1.807, 2.05) is 30.3 Å². The molecule has 1 aliphatic heterocycles. The van der Waals surface area contributed by atoms with E-state index in [1.165, 1.54) is 12.4 Å². The van der Waals surface area contributed by atoms with Gasteiger partial charge in [0.1, 0.15) is 25.2 Å². The minimum atomic E-state index is -0.927. The van der Waals surface area contributed by atoms with Crippen molar-refractivity contribution in [1.29, 1.82) is 0 Å². The molecule has 2 atom stereocenters. The van der Waals surface area contributed by atoms with Gasteiger partial charge in [-0.15, -0.1) is 0 Å². The van der Waals surface area contributed by atoms with Gasteiger partial charge >= 0.3 is 12.2 Å². The molecule has 33 heavy (non-hydrogen) atoms. The molecule has 0 aliphatic carbocycles. The monoisotopic (exact) mass is 458 g/mol. The molecule has 178 valence electrons. The normalized spacial score (nSPS) is 20.8. The zero-order valence-electron chi connectivity index (χ0n) is 19.3. The fourth-order valence-electron chi connectivity index (χ4n) is 4.03. The topological polar surface area (TPSA) is 103 Å². The Labute approximate surface area is 193 Å². The lowest BCUT2D eigenvalue weighted by atomic mass is 10.0. The summed E-state index contributed by atoms with van der Waals surface area (Å²) in [6.45, 7) is 6.70. The molecule has 9 nitrogen and oxygen atoms in total. The molecule has 1 aliphatic rings. The number of benzene rings is 1. The average molecular weight is 459 g/mol. The van der Waals surface area contributed by atoms with E-state index in [4.69, 9.17) is 9.47 Å². The standard InChI is InChI=1S/C24H31N3O6/c1-24(2,3)33-22(28)26-13-14-27(23(29)30,17-19-8-5-4-6-9-19)18-20(26)11-15-32-21-10-7-12-25(31)16-21/h4-10,12,16,20H,11,13-15,17-18H2,1-3H3/p+1/t20-,27?/m1/s1. The zero-order chi connectivity index (χ0) is 24.1. The van der Waals surface area contributed by atoms with Gasteiger partial charge in [0, 0.05) is 18.1 Å². The van der Waals surface area contributed by atoms with Crippen LogP contribution in [0.4, 0.5) is 9.59 Å². The second kappa shape index (κ2) is 10.1. The molecule has 2 aromatic rings. The molecule has 0 radical (unpaired) electrons. The highest BCUT2D eigenvalue weighted by Gasteiger charge is 2.47. The molecule has 2 amide bonds. The Bertz CT molecular complexity index is 962. The van der Waals surface area contributed by atoms with Gasteiger partial charge in [-0.3, -0.25) is 4.90 Å². The predicted molar refractivity (Wildman–Crippen MR) is 120 cm³/mol. The third-order valence-corrected chi connectivity index (χ3v) is 5.60. The Morgan fingerprint density at radius 1 is 1.21 bits per heavy atom. The first-order chi connectivity index (χ1) is 15.6. The van der Waals surface area contributed by atoms with Crippen molar-refractivity contribution in [3.05, 3.63) is 65.6 Å². The summed E-state index contributed by atoms with van der Waals surface area (Å²) in [6.07, 6.45) is 1.69. The fourth-order valence-corrected chi connectivity index (χ4v) is 4.03. The second-order valence-electron chi connectivity index (χ2n) is 9.34. The van der Waals surface area contributed by atoms with Gasteiger partial charge in [0.2, 0.25) is 6.20 Å². The number of amides is 2. The van der Waals surface area contributed by atoms with E-state index in [0.29, 0.717) is 23.4 Å². The van der Waals surface area contributed by atoms with Gasteiger partial charge < -0.3 is 19.8 Å². The second-order valence-corrected chi connectivity index (χ2v) is 9.34. The number of rotatable bonds is 6. The third-order valence-electron chi connectivity index (χ3n) is 5.60. The van der Waals surface area contributed by atoms with Gasteiger partial charge in [0.05, 0.1) is 19.2 Å². The van der Waals surface area contributed by atoms with Crippen LogP contribution in [0.3, 0.4) is 0 Å². The van der Waals surface area contributed by atoms with Crippen LogP contribution in [0, 0.1) is 5.21 Å². The van der Waals surface area contributed by atoms with Crippen molar-refractivity contribution in [2.45, 2.75) is 45.4 Å². The first kappa shape index (κ1) is 24.3. The van der Waals surface area contributed by atoms with Crippen molar-refractivity contribution in [3.8, 4) is 5.75 Å². The first-order valence-corrected chi connectivity index (χ1v) is 11.0. The number of nitrogens with zero attached hydrogens (tertiary/aromatic N) is 3. The summed E-state index contributed by atoms with van der Waals surface area (Å²) in [7, 11) is 0. The van der Waals surface area contributed by atoms with E-state index < -0.39 is 23.8 Å². The number of pyridine rings is 1. The minimum absolute atomic E-state index is 0.181. The highest BCUT2D eigenvalue weighted by Crippen LogP contribution is 2.26. The van der Waals surface area contributed by atoms with Gasteiger partial charge in [0.25, 0.3) is 0 Å². The Hall–Kier alpha value is -3.33. The number of carbonyl (C=O) groups is 2. The zero-order valence-corrected chi connectivity index (χ0v) is 19.3. The summed E-state index contributed by atoms with van der Waals surface area (Å²) < 4.78 is 11.8. The van der Waals surface area contributed by atoms with Gasteiger partial charge in [-0.2, -0.15) is 9.52 Å². The summed E-state index contributed by atoms with van der Waals surface area (Å²) >= 11 is 0. The summed E-state index contributed by atoms with van der Waals surface area (Å²) in [4.78, 5) is 26.9. The molecule has 9 heteroatoms. The van der Waals surface area contributed by atoms with Crippen LogP contribution in [-0.4, -0.2) is 64.6 Å². The van der Waals surface area contributed by atoms with Crippen LogP contribution >= 0.6 is 0 Å². The molecule has 0 saturated carbocycles. The SMILES string of the molecule is CC(C)(C)OC(=O)N1CC[N+](Cc2ccccc2)(C(=O)O)C[C@H]1CCOc1ccc[n+]([O-])c1. The molecule has 1 fully saturated rings. The lowest BCUT2D eigenvalue weighted by Gasteiger charge is -2.45. The van der Waals surface area contributed by atoms with E-state index in [9.17, 15) is 19.9 Å². The molecule has 1 unspecified atom stereocenters. The highest BCUT2D eigenvalue weighted by molar-refractivity contribution is 5.69. The number of carbonyl (C=O) groups excluding carboxylic acids is 1. The summed E-state index contributed by atoms with van der Waals surface area (Å²) in [6, 6.07) is 12.3. The van der Waals surface area contributed by atoms with Crippen LogP contribution in [0.1, 0.15) is 32.8 Å². The van der Waals surface area contributed by atoms with Gasteiger partial charge in [-0.05, 0) is 26.8 Å². The van der Waals surface area contributed by atoms with E-state index in [1.54, 1.807) is 37.8 Å². The molecule has 1 aromatic heterocycles. The van der Waals surface area contributed by atoms with Crippen LogP contribution in [0.25, 0.3) is 0 Å². The molecule has 1 saturated heterocycles. The number of hydrogen-bond acceptors (Lipinski definition) is 5. The molecular formula is C24H32N3O6+. The number of aromatic nitrogens is 1. The summed E-state index contributed by atoms with van der Waals surface area (Å²) in [5.74, 6) is 0.412. The maximum atomic E-state index is 12.9. The molecule has 1 aromatic carbocycles. The van der Waals surface area contributed by atoms with Crippen molar-refractivity contribution in [2.24, 2.45) is 0 Å². The lowest BCUT2D eigenvalue weighted by molar-refractivity contribution is -0.878. The van der Waals surface area contributed by atoms with Crippen molar-refractivity contribution in [3.63, 3.8) is 0 Å². The van der Waals surface area contributed by atoms with Crippen molar-refractivity contribution >= 4 is 12.2 Å². The predicted octanol–water partition coefficient (Wildman–Crippen LogP) is 3.40. The Morgan fingerprint density at radius 3 is 2.58 bits per heavy atom. The van der Waals surface area contributed by atoms with E-state index in [2.05, 4.69) is 0 Å². The number of piperazine rings is 1.